The lowest BCUT2D eigenvalue weighted by molar-refractivity contribution is -0.111. The molecule has 3 rings (SSSR count). The van der Waals surface area contributed by atoms with E-state index in [2.05, 4.69) is 10.3 Å². The summed E-state index contributed by atoms with van der Waals surface area (Å²) >= 11 is 1.48. The molecule has 0 aliphatic heterocycles. The van der Waals surface area contributed by atoms with Gasteiger partial charge in [-0.25, -0.2) is 18.5 Å². The molecule has 2 aromatic carbocycles. The number of thiazole rings is 1. The van der Waals surface area contributed by atoms with E-state index in [1.54, 1.807) is 19.9 Å². The molecule has 0 aliphatic rings. The first-order valence-electron chi connectivity index (χ1n) is 7.73. The third-order valence-electron chi connectivity index (χ3n) is 3.91. The number of nitrogens with two attached hydrogens (primary N) is 1. The first-order chi connectivity index (χ1) is 12.2. The van der Waals surface area contributed by atoms with Gasteiger partial charge in [0.05, 0.1) is 15.1 Å². The molecule has 1 amide bonds. The second-order valence-corrected chi connectivity index (χ2v) is 8.42. The van der Waals surface area contributed by atoms with Crippen molar-refractivity contribution < 1.29 is 13.2 Å². The van der Waals surface area contributed by atoms with Crippen molar-refractivity contribution in [1.82, 2.24) is 4.98 Å². The zero-order valence-electron chi connectivity index (χ0n) is 14.2. The summed E-state index contributed by atoms with van der Waals surface area (Å²) in [5.74, 6) is -0.377. The van der Waals surface area contributed by atoms with Gasteiger partial charge in [-0.3, -0.25) is 4.79 Å². The standard InChI is InChI=1S/C18H17N3O3S2/c1-11-9-13(26(19,23)24)10-15(12(11)2)20-17(22)7-8-18-21-14-5-3-4-6-16(14)25-18/h3-10H,1-2H3,(H,20,22)(H2,19,23,24)/b8-7+. The van der Waals surface area contributed by atoms with Crippen molar-refractivity contribution in [3.05, 3.63) is 58.6 Å². The molecule has 0 spiro atoms. The molecule has 0 radical (unpaired) electrons. The summed E-state index contributed by atoms with van der Waals surface area (Å²) in [6.07, 6.45) is 3.00. The average Bonchev–Trinajstić information content (AvgIpc) is 2.99. The van der Waals surface area contributed by atoms with E-state index in [1.807, 2.05) is 24.3 Å². The Morgan fingerprint density at radius 2 is 1.96 bits per heavy atom. The van der Waals surface area contributed by atoms with Gasteiger partial charge in [0.15, 0.2) is 0 Å². The maximum Gasteiger partial charge on any atom is 0.248 e. The van der Waals surface area contributed by atoms with Gasteiger partial charge in [0.1, 0.15) is 5.01 Å². The number of aromatic nitrogens is 1. The Bertz CT molecular complexity index is 1100. The normalized spacial score (nSPS) is 12.0. The fourth-order valence-corrected chi connectivity index (χ4v) is 3.90. The van der Waals surface area contributed by atoms with Crippen LogP contribution in [0.25, 0.3) is 16.3 Å². The molecular weight excluding hydrogens is 370 g/mol. The topological polar surface area (TPSA) is 102 Å². The van der Waals surface area contributed by atoms with E-state index in [0.29, 0.717) is 10.7 Å². The summed E-state index contributed by atoms with van der Waals surface area (Å²) in [7, 11) is -3.85. The van der Waals surface area contributed by atoms with Gasteiger partial charge in [-0.15, -0.1) is 11.3 Å². The lowest BCUT2D eigenvalue weighted by atomic mass is 10.1. The van der Waals surface area contributed by atoms with Crippen LogP contribution in [0.1, 0.15) is 16.1 Å². The van der Waals surface area contributed by atoms with Gasteiger partial charge in [0.2, 0.25) is 15.9 Å². The van der Waals surface area contributed by atoms with E-state index in [1.165, 1.54) is 29.5 Å². The number of primary sulfonamides is 1. The number of carbonyl (C=O) groups is 1. The molecule has 1 aromatic heterocycles. The van der Waals surface area contributed by atoms with Crippen LogP contribution in [0.4, 0.5) is 5.69 Å². The number of amides is 1. The molecule has 3 N–H and O–H groups in total. The van der Waals surface area contributed by atoms with Gasteiger partial charge in [-0.1, -0.05) is 12.1 Å². The van der Waals surface area contributed by atoms with Gasteiger partial charge >= 0.3 is 0 Å². The number of para-hydroxylation sites is 1. The number of aryl methyl sites for hydroxylation is 1. The number of rotatable bonds is 4. The summed E-state index contributed by atoms with van der Waals surface area (Å²) in [5, 5.41) is 8.60. The summed E-state index contributed by atoms with van der Waals surface area (Å²) < 4.78 is 24.2. The summed E-state index contributed by atoms with van der Waals surface area (Å²) in [4.78, 5) is 16.6. The zero-order valence-corrected chi connectivity index (χ0v) is 15.8. The van der Waals surface area contributed by atoms with Crippen LogP contribution in [0.3, 0.4) is 0 Å². The maximum atomic E-state index is 12.2. The monoisotopic (exact) mass is 387 g/mol. The molecule has 8 heteroatoms. The summed E-state index contributed by atoms with van der Waals surface area (Å²) in [6.45, 7) is 3.56. The van der Waals surface area contributed by atoms with E-state index >= 15 is 0 Å². The minimum atomic E-state index is -3.85. The predicted molar refractivity (Wildman–Crippen MR) is 105 cm³/mol. The highest BCUT2D eigenvalue weighted by Gasteiger charge is 2.13. The van der Waals surface area contributed by atoms with Crippen molar-refractivity contribution in [2.45, 2.75) is 18.7 Å². The van der Waals surface area contributed by atoms with E-state index in [9.17, 15) is 13.2 Å². The Hall–Kier alpha value is -2.55. The van der Waals surface area contributed by atoms with Crippen LogP contribution in [-0.2, 0) is 14.8 Å². The Morgan fingerprint density at radius 3 is 2.65 bits per heavy atom. The number of benzene rings is 2. The molecule has 0 saturated heterocycles. The molecule has 0 aliphatic carbocycles. The fourth-order valence-electron chi connectivity index (χ4n) is 2.40. The predicted octanol–water partition coefficient (Wildman–Crippen LogP) is 3.21. The number of nitrogens with one attached hydrogen (secondary N) is 1. The molecular formula is C18H17N3O3S2. The summed E-state index contributed by atoms with van der Waals surface area (Å²) in [6, 6.07) is 10.6. The number of carbonyl (C=O) groups excluding carboxylic acids is 1. The van der Waals surface area contributed by atoms with Gasteiger partial charge in [0, 0.05) is 11.8 Å². The van der Waals surface area contributed by atoms with E-state index < -0.39 is 10.0 Å². The number of anilines is 1. The molecule has 26 heavy (non-hydrogen) atoms. The minimum Gasteiger partial charge on any atom is -0.322 e. The van der Waals surface area contributed by atoms with Crippen molar-refractivity contribution in [3.8, 4) is 0 Å². The molecule has 134 valence electrons. The molecule has 1 heterocycles. The van der Waals surface area contributed by atoms with Crippen LogP contribution >= 0.6 is 11.3 Å². The van der Waals surface area contributed by atoms with E-state index in [-0.39, 0.29) is 10.8 Å². The molecule has 3 aromatic rings. The molecule has 6 nitrogen and oxygen atoms in total. The third kappa shape index (κ3) is 3.98. The van der Waals surface area contributed by atoms with Gasteiger partial charge < -0.3 is 5.32 Å². The first-order valence-corrected chi connectivity index (χ1v) is 10.1. The third-order valence-corrected chi connectivity index (χ3v) is 5.81. The number of nitrogens with zero attached hydrogens (tertiary/aromatic N) is 1. The number of hydrogen-bond donors (Lipinski definition) is 2. The minimum absolute atomic E-state index is 0.0361. The second kappa shape index (κ2) is 6.99. The van der Waals surface area contributed by atoms with Gasteiger partial charge in [-0.2, -0.15) is 0 Å². The molecule has 0 atom stereocenters. The zero-order chi connectivity index (χ0) is 18.9. The number of hydrogen-bond acceptors (Lipinski definition) is 5. The smallest absolute Gasteiger partial charge is 0.248 e. The van der Waals surface area contributed by atoms with Crippen LogP contribution in [0.15, 0.2) is 47.4 Å². The van der Waals surface area contributed by atoms with Crippen molar-refractivity contribution in [2.24, 2.45) is 5.14 Å². The van der Waals surface area contributed by atoms with E-state index in [0.717, 1.165) is 21.3 Å². The van der Waals surface area contributed by atoms with Crippen LogP contribution in [-0.4, -0.2) is 19.3 Å². The SMILES string of the molecule is Cc1cc(S(N)(=O)=O)cc(NC(=O)/C=C/c2nc3ccccc3s2)c1C. The Kier molecular flexibility index (Phi) is 4.90. The maximum absolute atomic E-state index is 12.2. The highest BCUT2D eigenvalue weighted by molar-refractivity contribution is 7.89. The van der Waals surface area contributed by atoms with E-state index in [4.69, 9.17) is 5.14 Å². The second-order valence-electron chi connectivity index (χ2n) is 5.80. The average molecular weight is 387 g/mol. The lowest BCUT2D eigenvalue weighted by Crippen LogP contribution is -2.15. The molecule has 0 bridgehead atoms. The van der Waals surface area contributed by atoms with Crippen LogP contribution in [0, 0.1) is 13.8 Å². The fraction of sp³-hybridized carbons (Fsp3) is 0.111. The van der Waals surface area contributed by atoms with Crippen molar-refractivity contribution >= 4 is 49.2 Å². The van der Waals surface area contributed by atoms with Crippen LogP contribution in [0.5, 0.6) is 0 Å². The number of fused-ring (bicyclic) bond motifs is 1. The number of sulfonamides is 1. The van der Waals surface area contributed by atoms with Crippen molar-refractivity contribution in [3.63, 3.8) is 0 Å². The highest BCUT2D eigenvalue weighted by atomic mass is 32.2. The first kappa shape index (κ1) is 18.2. The van der Waals surface area contributed by atoms with Gasteiger partial charge in [-0.05, 0) is 55.3 Å². The molecule has 0 fully saturated rings. The summed E-state index contributed by atoms with van der Waals surface area (Å²) in [5.41, 5.74) is 2.79. The Labute approximate surface area is 155 Å². The quantitative estimate of drug-likeness (QED) is 0.671. The van der Waals surface area contributed by atoms with Crippen LogP contribution in [0.2, 0.25) is 0 Å². The highest BCUT2D eigenvalue weighted by Crippen LogP contribution is 2.24. The molecule has 0 saturated carbocycles. The lowest BCUT2D eigenvalue weighted by Gasteiger charge is -2.11. The molecule has 0 unspecified atom stereocenters. The van der Waals surface area contributed by atoms with Gasteiger partial charge in [0.25, 0.3) is 0 Å². The van der Waals surface area contributed by atoms with Crippen molar-refractivity contribution in [2.75, 3.05) is 5.32 Å². The Balaban J connectivity index is 1.82. The van der Waals surface area contributed by atoms with Crippen molar-refractivity contribution in [1.29, 1.82) is 0 Å². The largest absolute Gasteiger partial charge is 0.322 e. The van der Waals surface area contributed by atoms with Crippen LogP contribution < -0.4 is 10.5 Å². The Morgan fingerprint density at radius 1 is 1.23 bits per heavy atom.